The lowest BCUT2D eigenvalue weighted by Crippen LogP contribution is -2.60. The first-order valence-electron chi connectivity index (χ1n) is 10.1. The number of nitrogens with zero attached hydrogens (tertiary/aromatic N) is 1. The molecular formula is C20H30FN5O2. The maximum atomic E-state index is 14.3. The molecule has 154 valence electrons. The third kappa shape index (κ3) is 4.36. The van der Waals surface area contributed by atoms with Crippen molar-refractivity contribution in [3.8, 4) is 6.07 Å². The van der Waals surface area contributed by atoms with E-state index < -0.39 is 18.3 Å². The summed E-state index contributed by atoms with van der Waals surface area (Å²) in [6.45, 7) is 6.20. The average Bonchev–Trinajstić information content (AvgIpc) is 2.65. The smallest absolute Gasteiger partial charge is 0.248 e. The summed E-state index contributed by atoms with van der Waals surface area (Å²) in [5, 5.41) is 21.3. The molecule has 0 radical (unpaired) electrons. The van der Waals surface area contributed by atoms with Crippen LogP contribution in [-0.2, 0) is 9.59 Å². The van der Waals surface area contributed by atoms with Gasteiger partial charge in [0.2, 0.25) is 11.8 Å². The first kappa shape index (κ1) is 20.7. The Bertz CT molecular complexity index is 703. The molecule has 7 atom stereocenters. The fraction of sp³-hybridized carbons (Fsp3) is 0.750. The summed E-state index contributed by atoms with van der Waals surface area (Å²) < 4.78 is 14.3. The topological polar surface area (TPSA) is 106 Å². The van der Waals surface area contributed by atoms with Gasteiger partial charge < -0.3 is 21.3 Å². The first-order valence-corrected chi connectivity index (χ1v) is 10.1. The highest BCUT2D eigenvalue weighted by molar-refractivity contribution is 6.00. The quantitative estimate of drug-likeness (QED) is 0.564. The Kier molecular flexibility index (Phi) is 6.36. The van der Waals surface area contributed by atoms with Gasteiger partial charge in [-0.05, 0) is 45.6 Å². The van der Waals surface area contributed by atoms with Gasteiger partial charge in [-0.15, -0.1) is 0 Å². The molecule has 0 aromatic heterocycles. The van der Waals surface area contributed by atoms with Crippen LogP contribution >= 0.6 is 0 Å². The Morgan fingerprint density at radius 1 is 1.43 bits per heavy atom. The second kappa shape index (κ2) is 8.58. The van der Waals surface area contributed by atoms with Gasteiger partial charge in [0, 0.05) is 36.3 Å². The van der Waals surface area contributed by atoms with Crippen molar-refractivity contribution in [2.75, 3.05) is 6.54 Å². The summed E-state index contributed by atoms with van der Waals surface area (Å²) in [6, 6.07) is 1.61. The van der Waals surface area contributed by atoms with Crippen LogP contribution in [0.2, 0.25) is 0 Å². The van der Waals surface area contributed by atoms with E-state index >= 15 is 0 Å². The highest BCUT2D eigenvalue weighted by atomic mass is 19.1. The lowest BCUT2D eigenvalue weighted by Gasteiger charge is -2.41. The number of nitriles is 1. The number of amides is 2. The van der Waals surface area contributed by atoms with Gasteiger partial charge in [-0.2, -0.15) is 5.26 Å². The van der Waals surface area contributed by atoms with Crippen molar-refractivity contribution >= 4 is 11.8 Å². The van der Waals surface area contributed by atoms with Crippen LogP contribution in [0.3, 0.4) is 0 Å². The molecule has 3 aliphatic heterocycles. The molecule has 6 unspecified atom stereocenters. The SMILES string of the molecule is CC1=C(CC(=O)N[C@@H](C)C2NCC(C#N)CC2F)C(=O)NC2CCC(C)NC12. The highest BCUT2D eigenvalue weighted by Gasteiger charge is 2.38. The fourth-order valence-corrected chi connectivity index (χ4v) is 4.58. The molecule has 0 spiro atoms. The summed E-state index contributed by atoms with van der Waals surface area (Å²) in [4.78, 5) is 25.1. The van der Waals surface area contributed by atoms with E-state index in [0.29, 0.717) is 18.2 Å². The van der Waals surface area contributed by atoms with Crippen molar-refractivity contribution in [3.63, 3.8) is 0 Å². The molecule has 0 aromatic carbocycles. The van der Waals surface area contributed by atoms with Crippen LogP contribution in [0.1, 0.15) is 46.5 Å². The van der Waals surface area contributed by atoms with Crippen LogP contribution in [0.4, 0.5) is 4.39 Å². The molecule has 0 aromatic rings. The predicted molar refractivity (Wildman–Crippen MR) is 103 cm³/mol. The van der Waals surface area contributed by atoms with E-state index in [-0.39, 0.29) is 42.7 Å². The van der Waals surface area contributed by atoms with Crippen molar-refractivity contribution in [2.24, 2.45) is 5.92 Å². The van der Waals surface area contributed by atoms with Crippen LogP contribution < -0.4 is 21.3 Å². The summed E-state index contributed by atoms with van der Waals surface area (Å²) in [5.74, 6) is -0.823. The van der Waals surface area contributed by atoms with Crippen LogP contribution in [0, 0.1) is 17.2 Å². The third-order valence-corrected chi connectivity index (χ3v) is 6.26. The number of alkyl halides is 1. The molecule has 2 saturated heterocycles. The van der Waals surface area contributed by atoms with E-state index in [2.05, 4.69) is 34.3 Å². The number of fused-ring (bicyclic) bond motifs is 1. The van der Waals surface area contributed by atoms with E-state index in [1.165, 1.54) is 0 Å². The predicted octanol–water partition coefficient (Wildman–Crippen LogP) is 0.676. The van der Waals surface area contributed by atoms with Crippen LogP contribution in [0.25, 0.3) is 0 Å². The molecular weight excluding hydrogens is 361 g/mol. The minimum absolute atomic E-state index is 0.0220. The zero-order chi connectivity index (χ0) is 20.4. The number of halogens is 1. The molecule has 3 aliphatic rings. The average molecular weight is 391 g/mol. The first-order chi connectivity index (χ1) is 13.3. The minimum Gasteiger partial charge on any atom is -0.352 e. The van der Waals surface area contributed by atoms with E-state index in [9.17, 15) is 14.0 Å². The fourth-order valence-electron chi connectivity index (χ4n) is 4.58. The Balaban J connectivity index is 1.61. The minimum atomic E-state index is -1.19. The second-order valence-corrected chi connectivity index (χ2v) is 8.41. The van der Waals surface area contributed by atoms with Crippen LogP contribution in [0.5, 0.6) is 0 Å². The third-order valence-electron chi connectivity index (χ3n) is 6.26. The molecule has 7 nitrogen and oxygen atoms in total. The molecule has 8 heteroatoms. The van der Waals surface area contributed by atoms with Crippen molar-refractivity contribution in [1.29, 1.82) is 5.26 Å². The van der Waals surface area contributed by atoms with E-state index in [1.807, 2.05) is 6.92 Å². The van der Waals surface area contributed by atoms with E-state index in [1.54, 1.807) is 6.92 Å². The summed E-state index contributed by atoms with van der Waals surface area (Å²) in [5.41, 5.74) is 1.41. The zero-order valence-corrected chi connectivity index (χ0v) is 16.7. The molecule has 0 aliphatic carbocycles. The van der Waals surface area contributed by atoms with Crippen molar-refractivity contribution in [2.45, 2.75) is 82.8 Å². The number of hydrogen-bond acceptors (Lipinski definition) is 5. The van der Waals surface area contributed by atoms with Crippen molar-refractivity contribution in [1.82, 2.24) is 21.3 Å². The van der Waals surface area contributed by atoms with Gasteiger partial charge >= 0.3 is 0 Å². The largest absolute Gasteiger partial charge is 0.352 e. The van der Waals surface area contributed by atoms with Gasteiger partial charge in [-0.3, -0.25) is 9.59 Å². The molecule has 0 bridgehead atoms. The number of rotatable bonds is 4. The zero-order valence-electron chi connectivity index (χ0n) is 16.7. The number of hydrogen-bond donors (Lipinski definition) is 4. The van der Waals surface area contributed by atoms with Gasteiger partial charge in [0.25, 0.3) is 0 Å². The van der Waals surface area contributed by atoms with E-state index in [4.69, 9.17) is 5.26 Å². The summed E-state index contributed by atoms with van der Waals surface area (Å²) in [6.07, 6.45) is 0.891. The maximum Gasteiger partial charge on any atom is 0.248 e. The number of carbonyl (C=O) groups excluding carboxylic acids is 2. The molecule has 28 heavy (non-hydrogen) atoms. The molecule has 3 heterocycles. The molecule has 2 amide bonds. The van der Waals surface area contributed by atoms with E-state index in [0.717, 1.165) is 18.4 Å². The van der Waals surface area contributed by atoms with Crippen molar-refractivity contribution < 1.29 is 14.0 Å². The van der Waals surface area contributed by atoms with Gasteiger partial charge in [0.05, 0.1) is 24.4 Å². The highest BCUT2D eigenvalue weighted by Crippen LogP contribution is 2.27. The summed E-state index contributed by atoms with van der Waals surface area (Å²) in [7, 11) is 0. The van der Waals surface area contributed by atoms with Crippen LogP contribution in [-0.4, -0.2) is 54.7 Å². The number of nitrogens with one attached hydrogen (secondary N) is 4. The molecule has 0 saturated carbocycles. The molecule has 3 rings (SSSR count). The van der Waals surface area contributed by atoms with Gasteiger partial charge in [-0.25, -0.2) is 4.39 Å². The number of piperidine rings is 2. The Morgan fingerprint density at radius 2 is 2.18 bits per heavy atom. The van der Waals surface area contributed by atoms with Gasteiger partial charge in [-0.1, -0.05) is 0 Å². The molecule has 4 N–H and O–H groups in total. The number of carbonyl (C=O) groups is 2. The maximum absolute atomic E-state index is 14.3. The monoisotopic (exact) mass is 391 g/mol. The van der Waals surface area contributed by atoms with Gasteiger partial charge in [0.1, 0.15) is 6.17 Å². The van der Waals surface area contributed by atoms with Gasteiger partial charge in [0.15, 0.2) is 0 Å². The normalized spacial score (nSPS) is 36.8. The Morgan fingerprint density at radius 3 is 2.86 bits per heavy atom. The Hall–Kier alpha value is -1.98. The summed E-state index contributed by atoms with van der Waals surface area (Å²) >= 11 is 0. The standard InChI is InChI=1S/C20H30FN5O2/c1-10-4-5-16-18(24-10)11(2)14(20(28)26-16)7-17(27)25-12(3)19-15(21)6-13(8-22)9-23-19/h10,12-13,15-16,18-19,23-24H,4-7,9H2,1-3H3,(H,25,27)(H,26,28)/t10?,12-,13?,15?,16?,18?,19?/m0/s1. The Labute approximate surface area is 165 Å². The lowest BCUT2D eigenvalue weighted by atomic mass is 9.83. The molecule has 2 fully saturated rings. The lowest BCUT2D eigenvalue weighted by molar-refractivity contribution is -0.124. The van der Waals surface area contributed by atoms with Crippen molar-refractivity contribution in [3.05, 3.63) is 11.1 Å². The van der Waals surface area contributed by atoms with Crippen LogP contribution in [0.15, 0.2) is 11.1 Å². The second-order valence-electron chi connectivity index (χ2n) is 8.41.